The molecule has 0 aromatic heterocycles. The molecule has 0 heterocycles. The van der Waals surface area contributed by atoms with Crippen molar-refractivity contribution in [2.24, 2.45) is 0 Å². The van der Waals surface area contributed by atoms with Gasteiger partial charge in [-0.3, -0.25) is 4.79 Å². The van der Waals surface area contributed by atoms with E-state index in [9.17, 15) is 4.79 Å². The molecule has 1 aromatic carbocycles. The molecule has 82 valence electrons. The molecule has 0 radical (unpaired) electrons. The summed E-state index contributed by atoms with van der Waals surface area (Å²) in [6, 6.07) is 5.02. The topological polar surface area (TPSA) is 35.5 Å². The highest BCUT2D eigenvalue weighted by Crippen LogP contribution is 2.28. The summed E-state index contributed by atoms with van der Waals surface area (Å²) in [5, 5.41) is 0. The monoisotopic (exact) mass is 228 g/mol. The molecule has 0 unspecified atom stereocenters. The lowest BCUT2D eigenvalue weighted by molar-refractivity contribution is 0.102. The molecule has 0 amide bonds. The lowest BCUT2D eigenvalue weighted by Gasteiger charge is -2.09. The summed E-state index contributed by atoms with van der Waals surface area (Å²) in [6.07, 6.45) is 0. The predicted octanol–water partition coefficient (Wildman–Crippen LogP) is 2.52. The first-order valence-electron chi connectivity index (χ1n) is 4.63. The van der Waals surface area contributed by atoms with Gasteiger partial charge in [-0.25, -0.2) is 0 Å². The van der Waals surface area contributed by atoms with Gasteiger partial charge in [0.1, 0.15) is 0 Å². The van der Waals surface area contributed by atoms with Gasteiger partial charge in [-0.2, -0.15) is 0 Å². The molecule has 0 aliphatic heterocycles. The molecular weight excluding hydrogens is 216 g/mol. The van der Waals surface area contributed by atoms with Gasteiger partial charge in [-0.15, -0.1) is 11.6 Å². The lowest BCUT2D eigenvalue weighted by Crippen LogP contribution is -2.02. The normalized spacial score (nSPS) is 9.80. The van der Waals surface area contributed by atoms with Crippen LogP contribution in [-0.4, -0.2) is 25.4 Å². The van der Waals surface area contributed by atoms with Crippen LogP contribution in [0.3, 0.4) is 0 Å². The van der Waals surface area contributed by atoms with Gasteiger partial charge in [0, 0.05) is 5.56 Å². The van der Waals surface area contributed by atoms with Crippen molar-refractivity contribution in [3.8, 4) is 11.5 Å². The second kappa shape index (κ2) is 5.61. The van der Waals surface area contributed by atoms with E-state index in [1.54, 1.807) is 18.2 Å². The number of ketones is 1. The van der Waals surface area contributed by atoms with Gasteiger partial charge in [0.05, 0.1) is 19.6 Å². The molecule has 0 saturated carbocycles. The molecule has 0 aliphatic rings. The molecule has 1 aromatic rings. The van der Waals surface area contributed by atoms with Crippen LogP contribution in [0.15, 0.2) is 18.2 Å². The minimum Gasteiger partial charge on any atom is -0.493 e. The van der Waals surface area contributed by atoms with Crippen molar-refractivity contribution in [3.63, 3.8) is 0 Å². The maximum atomic E-state index is 11.3. The second-order valence-electron chi connectivity index (χ2n) is 2.86. The van der Waals surface area contributed by atoms with Gasteiger partial charge < -0.3 is 9.47 Å². The van der Waals surface area contributed by atoms with E-state index in [1.165, 1.54) is 7.11 Å². The first-order chi connectivity index (χ1) is 7.22. The molecule has 3 nitrogen and oxygen atoms in total. The van der Waals surface area contributed by atoms with Gasteiger partial charge in [0.25, 0.3) is 0 Å². The van der Waals surface area contributed by atoms with E-state index < -0.39 is 0 Å². The van der Waals surface area contributed by atoms with Gasteiger partial charge in [0.2, 0.25) is 0 Å². The summed E-state index contributed by atoms with van der Waals surface area (Å²) in [4.78, 5) is 11.3. The Bertz CT molecular complexity index is 350. The van der Waals surface area contributed by atoms with Crippen LogP contribution >= 0.6 is 11.6 Å². The first kappa shape index (κ1) is 11.9. The SMILES string of the molecule is CCOc1ccc(C(=O)CCl)cc1OC. The molecular formula is C11H13ClO3. The van der Waals surface area contributed by atoms with Crippen molar-refractivity contribution in [1.29, 1.82) is 0 Å². The fourth-order valence-electron chi connectivity index (χ4n) is 1.19. The van der Waals surface area contributed by atoms with E-state index in [-0.39, 0.29) is 11.7 Å². The molecule has 4 heteroatoms. The molecule has 0 saturated heterocycles. The van der Waals surface area contributed by atoms with E-state index in [2.05, 4.69) is 0 Å². The maximum absolute atomic E-state index is 11.3. The van der Waals surface area contributed by atoms with Crippen molar-refractivity contribution in [2.75, 3.05) is 19.6 Å². The molecule has 0 atom stereocenters. The Hall–Kier alpha value is -1.22. The van der Waals surface area contributed by atoms with Crippen LogP contribution in [0.5, 0.6) is 11.5 Å². The Balaban J connectivity index is 3.01. The minimum atomic E-state index is -0.127. The molecule has 0 spiro atoms. The number of ether oxygens (including phenoxy) is 2. The number of halogens is 1. The fraction of sp³-hybridized carbons (Fsp3) is 0.364. The number of hydrogen-bond donors (Lipinski definition) is 0. The van der Waals surface area contributed by atoms with Crippen LogP contribution in [0, 0.1) is 0 Å². The fourth-order valence-corrected chi connectivity index (χ4v) is 1.35. The van der Waals surface area contributed by atoms with Crippen molar-refractivity contribution >= 4 is 17.4 Å². The quantitative estimate of drug-likeness (QED) is 0.574. The Morgan fingerprint density at radius 1 is 1.40 bits per heavy atom. The Kier molecular flexibility index (Phi) is 4.43. The van der Waals surface area contributed by atoms with E-state index in [4.69, 9.17) is 21.1 Å². The number of benzene rings is 1. The number of methoxy groups -OCH3 is 1. The number of alkyl halides is 1. The van der Waals surface area contributed by atoms with Gasteiger partial charge in [-0.05, 0) is 25.1 Å². The highest BCUT2D eigenvalue weighted by molar-refractivity contribution is 6.30. The van der Waals surface area contributed by atoms with E-state index in [1.807, 2.05) is 6.92 Å². The van der Waals surface area contributed by atoms with Crippen LogP contribution in [-0.2, 0) is 0 Å². The molecule has 15 heavy (non-hydrogen) atoms. The van der Waals surface area contributed by atoms with Crippen LogP contribution in [0.4, 0.5) is 0 Å². The summed E-state index contributed by atoms with van der Waals surface area (Å²) in [7, 11) is 1.53. The van der Waals surface area contributed by atoms with Crippen molar-refractivity contribution in [1.82, 2.24) is 0 Å². The third-order valence-corrected chi connectivity index (χ3v) is 2.15. The zero-order valence-electron chi connectivity index (χ0n) is 8.75. The third-order valence-electron chi connectivity index (χ3n) is 1.91. The largest absolute Gasteiger partial charge is 0.493 e. The zero-order chi connectivity index (χ0) is 11.3. The number of Topliss-reactive ketones (excluding diaryl/α,β-unsaturated/α-hetero) is 1. The summed E-state index contributed by atoms with van der Waals surface area (Å²) in [6.45, 7) is 2.44. The summed E-state index contributed by atoms with van der Waals surface area (Å²) in [5.41, 5.74) is 0.533. The van der Waals surface area contributed by atoms with Gasteiger partial charge >= 0.3 is 0 Å². The van der Waals surface area contributed by atoms with Crippen LogP contribution < -0.4 is 9.47 Å². The molecule has 1 rings (SSSR count). The number of rotatable bonds is 5. The van der Waals surface area contributed by atoms with Crippen LogP contribution in [0.2, 0.25) is 0 Å². The maximum Gasteiger partial charge on any atom is 0.177 e. The van der Waals surface area contributed by atoms with Gasteiger partial charge in [-0.1, -0.05) is 0 Å². The average molecular weight is 229 g/mol. The minimum absolute atomic E-state index is 0.0306. The van der Waals surface area contributed by atoms with Gasteiger partial charge in [0.15, 0.2) is 17.3 Å². The molecule has 0 fully saturated rings. The van der Waals surface area contributed by atoms with Crippen LogP contribution in [0.25, 0.3) is 0 Å². The zero-order valence-corrected chi connectivity index (χ0v) is 9.50. The second-order valence-corrected chi connectivity index (χ2v) is 3.12. The smallest absolute Gasteiger partial charge is 0.177 e. The van der Waals surface area contributed by atoms with Crippen LogP contribution in [0.1, 0.15) is 17.3 Å². The molecule has 0 aliphatic carbocycles. The highest BCUT2D eigenvalue weighted by atomic mass is 35.5. The first-order valence-corrected chi connectivity index (χ1v) is 5.16. The lowest BCUT2D eigenvalue weighted by atomic mass is 10.1. The number of hydrogen-bond acceptors (Lipinski definition) is 3. The van der Waals surface area contributed by atoms with E-state index >= 15 is 0 Å². The Labute approximate surface area is 93.9 Å². The Morgan fingerprint density at radius 3 is 2.67 bits per heavy atom. The molecule has 0 N–H and O–H groups in total. The number of carbonyl (C=O) groups is 1. The standard InChI is InChI=1S/C11H13ClO3/c1-3-15-10-5-4-8(9(13)7-12)6-11(10)14-2/h4-6H,3,7H2,1-2H3. The summed E-state index contributed by atoms with van der Waals surface area (Å²) in [5.74, 6) is 1.02. The van der Waals surface area contributed by atoms with Crippen molar-refractivity contribution in [3.05, 3.63) is 23.8 Å². The Morgan fingerprint density at radius 2 is 2.13 bits per heavy atom. The summed E-state index contributed by atoms with van der Waals surface area (Å²) < 4.78 is 10.4. The number of carbonyl (C=O) groups excluding carboxylic acids is 1. The molecule has 0 bridgehead atoms. The predicted molar refractivity (Wildman–Crippen MR) is 59.2 cm³/mol. The highest BCUT2D eigenvalue weighted by Gasteiger charge is 2.09. The van der Waals surface area contributed by atoms with Crippen molar-refractivity contribution in [2.45, 2.75) is 6.92 Å². The van der Waals surface area contributed by atoms with E-state index in [0.717, 1.165) is 0 Å². The summed E-state index contributed by atoms with van der Waals surface area (Å²) >= 11 is 5.46. The van der Waals surface area contributed by atoms with E-state index in [0.29, 0.717) is 23.7 Å². The third kappa shape index (κ3) is 2.86. The van der Waals surface area contributed by atoms with Crippen molar-refractivity contribution < 1.29 is 14.3 Å². The average Bonchev–Trinajstić information content (AvgIpc) is 2.29.